The predicted octanol–water partition coefficient (Wildman–Crippen LogP) is 1.40. The van der Waals surface area contributed by atoms with E-state index in [0.717, 1.165) is 26.5 Å². The number of carbonyl (C=O) groups is 1. The van der Waals surface area contributed by atoms with Crippen molar-refractivity contribution in [2.75, 3.05) is 59.7 Å². The summed E-state index contributed by atoms with van der Waals surface area (Å²) in [5, 5.41) is 5.87. The number of likely N-dealkylation sites (N-methyl/N-ethyl adjacent to an activating group) is 1. The average Bonchev–Trinajstić information content (AvgIpc) is 2.56. The number of alkyl halides is 3. The molecule has 0 atom stereocenters. The van der Waals surface area contributed by atoms with Crippen molar-refractivity contribution in [2.24, 2.45) is 4.99 Å². The van der Waals surface area contributed by atoms with Crippen molar-refractivity contribution in [1.82, 2.24) is 15.5 Å². The molecule has 0 radical (unpaired) electrons. The first-order valence-corrected chi connectivity index (χ1v) is 8.78. The Morgan fingerprint density at radius 2 is 1.73 bits per heavy atom. The van der Waals surface area contributed by atoms with Gasteiger partial charge in [-0.2, -0.15) is 13.2 Å². The van der Waals surface area contributed by atoms with Crippen molar-refractivity contribution >= 4 is 11.9 Å². The predicted molar refractivity (Wildman–Crippen MR) is 94.2 cm³/mol. The second-order valence-electron chi connectivity index (χ2n) is 5.57. The van der Waals surface area contributed by atoms with E-state index in [1.165, 1.54) is 0 Å². The molecule has 0 saturated heterocycles. The first kappa shape index (κ1) is 24.5. The monoisotopic (exact) mass is 384 g/mol. The van der Waals surface area contributed by atoms with Crippen LogP contribution in [0.1, 0.15) is 26.7 Å². The Morgan fingerprint density at radius 1 is 1.08 bits per heavy atom. The largest absolute Gasteiger partial charge is 0.406 e. The Balaban J connectivity index is 4.03. The Hall–Kier alpha value is -1.55. The van der Waals surface area contributed by atoms with Gasteiger partial charge in [0.2, 0.25) is 5.91 Å². The van der Waals surface area contributed by atoms with E-state index in [1.54, 1.807) is 0 Å². The summed E-state index contributed by atoms with van der Waals surface area (Å²) in [4.78, 5) is 16.3. The summed E-state index contributed by atoms with van der Waals surface area (Å²) in [7, 11) is 1.10. The Bertz CT molecular complexity index is 407. The Labute approximate surface area is 153 Å². The summed E-state index contributed by atoms with van der Waals surface area (Å²) in [5.74, 6) is -0.357. The van der Waals surface area contributed by atoms with Gasteiger partial charge in [-0.3, -0.25) is 4.79 Å². The van der Waals surface area contributed by atoms with Crippen molar-refractivity contribution < 1.29 is 27.4 Å². The van der Waals surface area contributed by atoms with Crippen LogP contribution in [-0.4, -0.2) is 82.6 Å². The van der Waals surface area contributed by atoms with Crippen LogP contribution < -0.4 is 10.6 Å². The molecule has 26 heavy (non-hydrogen) atoms. The van der Waals surface area contributed by atoms with Gasteiger partial charge in [-0.15, -0.1) is 0 Å². The lowest BCUT2D eigenvalue weighted by Gasteiger charge is -2.18. The third kappa shape index (κ3) is 14.8. The lowest BCUT2D eigenvalue weighted by molar-refractivity contribution is -0.157. The van der Waals surface area contributed by atoms with Crippen LogP contribution in [0.2, 0.25) is 0 Å². The standard InChI is InChI=1S/C16H31F3N4O3/c1-4-6-8-25-10-11-26-9-7-21-15(20-5-2)22-12-14(24)23(3)13-16(17,18)19/h4-13H2,1-3H3,(H2,20,21,22). The Kier molecular flexibility index (Phi) is 13.7. The van der Waals surface area contributed by atoms with Gasteiger partial charge in [0.1, 0.15) is 13.1 Å². The van der Waals surface area contributed by atoms with Crippen molar-refractivity contribution in [3.63, 3.8) is 0 Å². The number of amides is 1. The smallest absolute Gasteiger partial charge is 0.379 e. The van der Waals surface area contributed by atoms with Crippen LogP contribution in [0.3, 0.4) is 0 Å². The van der Waals surface area contributed by atoms with E-state index in [1.807, 2.05) is 6.92 Å². The molecule has 0 aliphatic carbocycles. The molecular formula is C16H31F3N4O3. The molecule has 7 nitrogen and oxygen atoms in total. The summed E-state index contributed by atoms with van der Waals surface area (Å²) >= 11 is 0. The lowest BCUT2D eigenvalue weighted by atomic mass is 10.4. The van der Waals surface area contributed by atoms with Crippen molar-refractivity contribution in [1.29, 1.82) is 0 Å². The fourth-order valence-corrected chi connectivity index (χ4v) is 1.78. The minimum Gasteiger partial charge on any atom is -0.379 e. The highest BCUT2D eigenvalue weighted by atomic mass is 19.4. The number of halogens is 3. The van der Waals surface area contributed by atoms with E-state index in [4.69, 9.17) is 9.47 Å². The molecule has 2 N–H and O–H groups in total. The molecule has 0 bridgehead atoms. The fraction of sp³-hybridized carbons (Fsp3) is 0.875. The van der Waals surface area contributed by atoms with Crippen LogP contribution in [0.15, 0.2) is 4.99 Å². The highest BCUT2D eigenvalue weighted by molar-refractivity contribution is 5.84. The zero-order valence-electron chi connectivity index (χ0n) is 15.8. The quantitative estimate of drug-likeness (QED) is 0.285. The highest BCUT2D eigenvalue weighted by Gasteiger charge is 2.30. The number of hydrogen-bond acceptors (Lipinski definition) is 4. The summed E-state index contributed by atoms with van der Waals surface area (Å²) in [6.45, 7) is 5.46. The van der Waals surface area contributed by atoms with E-state index in [2.05, 4.69) is 22.5 Å². The second kappa shape index (κ2) is 14.6. The van der Waals surface area contributed by atoms with Gasteiger partial charge < -0.3 is 25.0 Å². The zero-order valence-corrected chi connectivity index (χ0v) is 15.8. The third-order valence-electron chi connectivity index (χ3n) is 3.11. The molecule has 0 aliphatic heterocycles. The summed E-state index contributed by atoms with van der Waals surface area (Å²) in [5.41, 5.74) is 0. The van der Waals surface area contributed by atoms with Gasteiger partial charge in [0.05, 0.1) is 19.8 Å². The fourth-order valence-electron chi connectivity index (χ4n) is 1.78. The first-order valence-electron chi connectivity index (χ1n) is 8.78. The van der Waals surface area contributed by atoms with Crippen LogP contribution in [0.5, 0.6) is 0 Å². The van der Waals surface area contributed by atoms with E-state index < -0.39 is 18.6 Å². The average molecular weight is 384 g/mol. The van der Waals surface area contributed by atoms with Crippen LogP contribution in [-0.2, 0) is 14.3 Å². The van der Waals surface area contributed by atoms with Gasteiger partial charge in [0, 0.05) is 26.7 Å². The molecule has 0 fully saturated rings. The summed E-state index contributed by atoms with van der Waals surface area (Å²) in [6, 6.07) is 0. The minimum absolute atomic E-state index is 0.351. The van der Waals surface area contributed by atoms with Crippen LogP contribution in [0.4, 0.5) is 13.2 Å². The normalized spacial score (nSPS) is 12.2. The third-order valence-corrected chi connectivity index (χ3v) is 3.11. The number of nitrogens with zero attached hydrogens (tertiary/aromatic N) is 2. The number of ether oxygens (including phenoxy) is 2. The van der Waals surface area contributed by atoms with Crippen molar-refractivity contribution in [3.8, 4) is 0 Å². The molecule has 0 heterocycles. The maximum atomic E-state index is 12.3. The van der Waals surface area contributed by atoms with Gasteiger partial charge in [0.15, 0.2) is 5.96 Å². The molecule has 0 unspecified atom stereocenters. The molecule has 0 aliphatic rings. The molecule has 0 aromatic heterocycles. The SMILES string of the molecule is CCCCOCCOCCNC(=NCC(=O)N(C)CC(F)(F)F)NCC. The summed E-state index contributed by atoms with van der Waals surface area (Å²) in [6.07, 6.45) is -2.30. The van der Waals surface area contributed by atoms with Gasteiger partial charge in [-0.05, 0) is 13.3 Å². The lowest BCUT2D eigenvalue weighted by Crippen LogP contribution is -2.41. The van der Waals surface area contributed by atoms with E-state index in [9.17, 15) is 18.0 Å². The number of rotatable bonds is 13. The second-order valence-corrected chi connectivity index (χ2v) is 5.57. The van der Waals surface area contributed by atoms with E-state index in [-0.39, 0.29) is 6.54 Å². The topological polar surface area (TPSA) is 75.2 Å². The number of hydrogen-bond donors (Lipinski definition) is 2. The van der Waals surface area contributed by atoms with Crippen molar-refractivity contribution in [2.45, 2.75) is 32.9 Å². The Morgan fingerprint density at radius 3 is 2.31 bits per heavy atom. The van der Waals surface area contributed by atoms with Crippen LogP contribution in [0, 0.1) is 0 Å². The summed E-state index contributed by atoms with van der Waals surface area (Å²) < 4.78 is 47.5. The first-order chi connectivity index (χ1) is 12.3. The molecule has 0 saturated carbocycles. The highest BCUT2D eigenvalue weighted by Crippen LogP contribution is 2.15. The number of unbranched alkanes of at least 4 members (excludes halogenated alkanes) is 1. The molecule has 154 valence electrons. The number of aliphatic imine (C=N–C) groups is 1. The van der Waals surface area contributed by atoms with E-state index in [0.29, 0.717) is 43.8 Å². The zero-order chi connectivity index (χ0) is 19.8. The molecular weight excluding hydrogens is 353 g/mol. The maximum absolute atomic E-state index is 12.3. The molecule has 0 rings (SSSR count). The molecule has 0 spiro atoms. The molecule has 10 heteroatoms. The van der Waals surface area contributed by atoms with Gasteiger partial charge >= 0.3 is 6.18 Å². The number of nitrogens with one attached hydrogen (secondary N) is 2. The molecule has 1 amide bonds. The molecule has 0 aromatic carbocycles. The number of carbonyl (C=O) groups excluding carboxylic acids is 1. The van der Waals surface area contributed by atoms with E-state index >= 15 is 0 Å². The van der Waals surface area contributed by atoms with Crippen LogP contribution in [0.25, 0.3) is 0 Å². The van der Waals surface area contributed by atoms with Gasteiger partial charge in [-0.1, -0.05) is 13.3 Å². The van der Waals surface area contributed by atoms with Crippen molar-refractivity contribution in [3.05, 3.63) is 0 Å². The molecule has 0 aromatic rings. The number of guanidine groups is 1. The minimum atomic E-state index is -4.42. The van der Waals surface area contributed by atoms with Gasteiger partial charge in [-0.25, -0.2) is 4.99 Å². The maximum Gasteiger partial charge on any atom is 0.406 e. The van der Waals surface area contributed by atoms with Gasteiger partial charge in [0.25, 0.3) is 0 Å². The van der Waals surface area contributed by atoms with Crippen LogP contribution >= 0.6 is 0 Å².